The molecule has 1 rings (SSSR count). The van der Waals surface area contributed by atoms with Gasteiger partial charge in [0.1, 0.15) is 0 Å². The number of benzene rings is 1. The summed E-state index contributed by atoms with van der Waals surface area (Å²) < 4.78 is 1.12. The van der Waals surface area contributed by atoms with Crippen molar-refractivity contribution in [2.45, 2.75) is 19.9 Å². The SMILES string of the molecule is CCN(CCCO)Cc1ccc(Br)cc1. The fraction of sp³-hybridized carbons (Fsp3) is 0.500. The molecule has 0 atom stereocenters. The number of hydrogen-bond donors (Lipinski definition) is 1. The third kappa shape index (κ3) is 4.78. The van der Waals surface area contributed by atoms with E-state index in [1.54, 1.807) is 0 Å². The molecule has 0 heterocycles. The van der Waals surface area contributed by atoms with Gasteiger partial charge in [-0.1, -0.05) is 35.0 Å². The number of rotatable bonds is 6. The molecule has 0 aromatic heterocycles. The lowest BCUT2D eigenvalue weighted by Crippen LogP contribution is -2.24. The van der Waals surface area contributed by atoms with Crippen LogP contribution in [0.2, 0.25) is 0 Å². The Morgan fingerprint density at radius 3 is 2.47 bits per heavy atom. The van der Waals surface area contributed by atoms with Gasteiger partial charge in [-0.05, 0) is 30.7 Å². The molecule has 0 aliphatic heterocycles. The van der Waals surface area contributed by atoms with Gasteiger partial charge >= 0.3 is 0 Å². The quantitative estimate of drug-likeness (QED) is 0.860. The van der Waals surface area contributed by atoms with E-state index in [1.165, 1.54) is 5.56 Å². The Hall–Kier alpha value is -0.380. The summed E-state index contributed by atoms with van der Waals surface area (Å²) in [7, 11) is 0. The molecule has 1 N–H and O–H groups in total. The molecule has 1 aromatic carbocycles. The van der Waals surface area contributed by atoms with Gasteiger partial charge in [0, 0.05) is 24.2 Å². The molecule has 2 nitrogen and oxygen atoms in total. The largest absolute Gasteiger partial charge is 0.396 e. The molecule has 0 saturated heterocycles. The van der Waals surface area contributed by atoms with E-state index in [0.29, 0.717) is 0 Å². The van der Waals surface area contributed by atoms with E-state index in [1.807, 2.05) is 0 Å². The highest BCUT2D eigenvalue weighted by atomic mass is 79.9. The van der Waals surface area contributed by atoms with Gasteiger partial charge in [0.15, 0.2) is 0 Å². The lowest BCUT2D eigenvalue weighted by molar-refractivity contribution is 0.225. The first-order chi connectivity index (χ1) is 7.26. The summed E-state index contributed by atoms with van der Waals surface area (Å²) in [5, 5.41) is 8.78. The maximum absolute atomic E-state index is 8.78. The van der Waals surface area contributed by atoms with E-state index in [0.717, 1.165) is 30.5 Å². The molecule has 0 aliphatic carbocycles. The van der Waals surface area contributed by atoms with Crippen molar-refractivity contribution < 1.29 is 5.11 Å². The Labute approximate surface area is 100 Å². The zero-order chi connectivity index (χ0) is 11.1. The minimum Gasteiger partial charge on any atom is -0.396 e. The predicted molar refractivity (Wildman–Crippen MR) is 66.8 cm³/mol. The second-order valence-electron chi connectivity index (χ2n) is 3.57. The molecule has 0 radical (unpaired) electrons. The van der Waals surface area contributed by atoms with Crippen molar-refractivity contribution in [2.24, 2.45) is 0 Å². The van der Waals surface area contributed by atoms with Gasteiger partial charge in [-0.3, -0.25) is 4.90 Å². The van der Waals surface area contributed by atoms with Gasteiger partial charge in [0.25, 0.3) is 0 Å². The maximum Gasteiger partial charge on any atom is 0.0443 e. The minimum atomic E-state index is 0.275. The van der Waals surface area contributed by atoms with Crippen molar-refractivity contribution in [3.63, 3.8) is 0 Å². The molecular weight excluding hydrogens is 254 g/mol. The first-order valence-electron chi connectivity index (χ1n) is 5.34. The summed E-state index contributed by atoms with van der Waals surface area (Å²) in [6.07, 6.45) is 0.852. The molecule has 0 fully saturated rings. The Morgan fingerprint density at radius 2 is 1.93 bits per heavy atom. The monoisotopic (exact) mass is 271 g/mol. The highest BCUT2D eigenvalue weighted by Crippen LogP contribution is 2.12. The fourth-order valence-corrected chi connectivity index (χ4v) is 1.76. The van der Waals surface area contributed by atoms with E-state index in [4.69, 9.17) is 5.11 Å². The van der Waals surface area contributed by atoms with E-state index >= 15 is 0 Å². The number of hydrogen-bond acceptors (Lipinski definition) is 2. The predicted octanol–water partition coefficient (Wildman–Crippen LogP) is 2.65. The Morgan fingerprint density at radius 1 is 1.27 bits per heavy atom. The van der Waals surface area contributed by atoms with Crippen molar-refractivity contribution in [2.75, 3.05) is 19.7 Å². The standard InChI is InChI=1S/C12H18BrNO/c1-2-14(8-3-9-15)10-11-4-6-12(13)7-5-11/h4-7,15H,2-3,8-10H2,1H3. The third-order valence-electron chi connectivity index (χ3n) is 2.40. The van der Waals surface area contributed by atoms with E-state index < -0.39 is 0 Å². The van der Waals surface area contributed by atoms with Crippen LogP contribution in [0.25, 0.3) is 0 Å². The first-order valence-corrected chi connectivity index (χ1v) is 6.13. The zero-order valence-electron chi connectivity index (χ0n) is 9.12. The van der Waals surface area contributed by atoms with Gasteiger partial charge in [0.2, 0.25) is 0 Å². The number of nitrogens with zero attached hydrogens (tertiary/aromatic N) is 1. The van der Waals surface area contributed by atoms with Crippen LogP contribution in [0.5, 0.6) is 0 Å². The molecule has 3 heteroatoms. The van der Waals surface area contributed by atoms with Crippen LogP contribution in [0.4, 0.5) is 0 Å². The van der Waals surface area contributed by atoms with Gasteiger partial charge in [0.05, 0.1) is 0 Å². The molecule has 0 unspecified atom stereocenters. The lowest BCUT2D eigenvalue weighted by atomic mass is 10.2. The lowest BCUT2D eigenvalue weighted by Gasteiger charge is -2.19. The molecule has 0 saturated carbocycles. The van der Waals surface area contributed by atoms with Crippen molar-refractivity contribution in [3.8, 4) is 0 Å². The highest BCUT2D eigenvalue weighted by Gasteiger charge is 2.02. The number of halogens is 1. The summed E-state index contributed by atoms with van der Waals surface area (Å²) in [4.78, 5) is 2.33. The second kappa shape index (κ2) is 6.99. The van der Waals surface area contributed by atoms with Crippen LogP contribution in [0.3, 0.4) is 0 Å². The molecule has 84 valence electrons. The maximum atomic E-state index is 8.78. The Balaban J connectivity index is 2.47. The van der Waals surface area contributed by atoms with Crippen molar-refractivity contribution in [1.82, 2.24) is 4.90 Å². The summed E-state index contributed by atoms with van der Waals surface area (Å²) >= 11 is 3.42. The van der Waals surface area contributed by atoms with Crippen LogP contribution in [0.15, 0.2) is 28.7 Å². The smallest absolute Gasteiger partial charge is 0.0443 e. The van der Waals surface area contributed by atoms with Crippen LogP contribution in [-0.2, 0) is 6.54 Å². The Bertz CT molecular complexity index is 273. The van der Waals surface area contributed by atoms with E-state index in [-0.39, 0.29) is 6.61 Å². The molecular formula is C12H18BrNO. The van der Waals surface area contributed by atoms with E-state index in [2.05, 4.69) is 52.0 Å². The first kappa shape index (κ1) is 12.7. The molecule has 1 aromatic rings. The molecule has 15 heavy (non-hydrogen) atoms. The third-order valence-corrected chi connectivity index (χ3v) is 2.93. The summed E-state index contributed by atoms with van der Waals surface area (Å²) in [5.74, 6) is 0. The van der Waals surface area contributed by atoms with E-state index in [9.17, 15) is 0 Å². The highest BCUT2D eigenvalue weighted by molar-refractivity contribution is 9.10. The Kier molecular flexibility index (Phi) is 5.91. The van der Waals surface area contributed by atoms with Crippen LogP contribution < -0.4 is 0 Å². The van der Waals surface area contributed by atoms with Crippen molar-refractivity contribution in [1.29, 1.82) is 0 Å². The number of aliphatic hydroxyl groups is 1. The van der Waals surface area contributed by atoms with Gasteiger partial charge in [-0.15, -0.1) is 0 Å². The van der Waals surface area contributed by atoms with Gasteiger partial charge in [-0.25, -0.2) is 0 Å². The average molecular weight is 272 g/mol. The van der Waals surface area contributed by atoms with Crippen LogP contribution >= 0.6 is 15.9 Å². The molecule has 0 spiro atoms. The second-order valence-corrected chi connectivity index (χ2v) is 4.49. The average Bonchev–Trinajstić information content (AvgIpc) is 2.27. The molecule has 0 amide bonds. The normalized spacial score (nSPS) is 10.9. The van der Waals surface area contributed by atoms with Gasteiger partial charge in [-0.2, -0.15) is 0 Å². The van der Waals surface area contributed by atoms with Crippen LogP contribution in [-0.4, -0.2) is 29.7 Å². The topological polar surface area (TPSA) is 23.5 Å². The fourth-order valence-electron chi connectivity index (χ4n) is 1.49. The molecule has 0 aliphatic rings. The van der Waals surface area contributed by atoms with Gasteiger partial charge < -0.3 is 5.11 Å². The van der Waals surface area contributed by atoms with Crippen LogP contribution in [0.1, 0.15) is 18.9 Å². The number of aliphatic hydroxyl groups excluding tert-OH is 1. The van der Waals surface area contributed by atoms with Crippen molar-refractivity contribution in [3.05, 3.63) is 34.3 Å². The van der Waals surface area contributed by atoms with Crippen molar-refractivity contribution >= 4 is 15.9 Å². The summed E-state index contributed by atoms with van der Waals surface area (Å²) in [6.45, 7) is 5.37. The van der Waals surface area contributed by atoms with Crippen LogP contribution in [0, 0.1) is 0 Å². The zero-order valence-corrected chi connectivity index (χ0v) is 10.7. The molecule has 0 bridgehead atoms. The summed E-state index contributed by atoms with van der Waals surface area (Å²) in [6, 6.07) is 8.39. The minimum absolute atomic E-state index is 0.275. The summed E-state index contributed by atoms with van der Waals surface area (Å²) in [5.41, 5.74) is 1.32.